The van der Waals surface area contributed by atoms with Gasteiger partial charge in [0.25, 0.3) is 0 Å². The Morgan fingerprint density at radius 2 is 1.51 bits per heavy atom. The molecule has 0 radical (unpaired) electrons. The van der Waals surface area contributed by atoms with Gasteiger partial charge in [-0.05, 0) is 82.7 Å². The lowest BCUT2D eigenvalue weighted by molar-refractivity contribution is -0.339. The fourth-order valence-electron chi connectivity index (χ4n) is 11.5. The number of carbonyl (C=O) groups excluding carboxylic acids is 5. The van der Waals surface area contributed by atoms with E-state index in [0.29, 0.717) is 23.1 Å². The number of carbonyl (C=O) groups is 5. The van der Waals surface area contributed by atoms with Crippen LogP contribution in [0.25, 0.3) is 0 Å². The van der Waals surface area contributed by atoms with Crippen molar-refractivity contribution in [2.24, 2.45) is 28.6 Å². The molecule has 2 aliphatic heterocycles. The molecule has 13 nitrogen and oxygen atoms in total. The number of ketones is 1. The minimum Gasteiger partial charge on any atom is -0.456 e. The summed E-state index contributed by atoms with van der Waals surface area (Å²) in [5, 5.41) is 13.8. The number of ether oxygens (including phenoxy) is 6. The zero-order valence-corrected chi connectivity index (χ0v) is 37.4. The number of benzene rings is 2. The number of hydrogen-bond donors (Lipinski definition) is 1. The summed E-state index contributed by atoms with van der Waals surface area (Å²) < 4.78 is 37.7. The lowest BCUT2D eigenvalue weighted by atomic mass is 9.42. The molecule has 2 saturated carbocycles. The van der Waals surface area contributed by atoms with E-state index in [4.69, 9.17) is 28.4 Å². The van der Waals surface area contributed by atoms with Crippen LogP contribution in [0.15, 0.2) is 71.8 Å². The Kier molecular flexibility index (Phi) is 11.0. The standard InChI is InChI=1S/C48H61NO12/c1-26-23-33-47(25-56-33,59-29(4)50)37-39(58-40(52)31-21-17-14-18-22-31)48(55)24-32(27(2)34(44(48,8)9)28(3)38(51)46(26,37)12)57-41(53)36-35(30-19-15-13-16-20-30)49(45(10,11)60-36)42(54)61-43(5,6)7/h13-22,26,28,32-33,35-37,39,55H,23-25H2,1-12H3/t26-,28+,32-,33+,35-,36+,37?,39-,46+,47-,48+/m0/s1. The molecular formula is C48H61NO12. The first kappa shape index (κ1) is 44.5. The van der Waals surface area contributed by atoms with Crippen LogP contribution in [-0.2, 0) is 42.8 Å². The first-order valence-corrected chi connectivity index (χ1v) is 21.3. The minimum absolute atomic E-state index is 0.0776. The van der Waals surface area contributed by atoms with Crippen LogP contribution in [0.1, 0.15) is 118 Å². The lowest BCUT2D eigenvalue weighted by Crippen LogP contribution is -2.80. The molecule has 0 aromatic heterocycles. The van der Waals surface area contributed by atoms with Crippen molar-refractivity contribution in [3.63, 3.8) is 0 Å². The van der Waals surface area contributed by atoms with E-state index in [0.717, 1.165) is 0 Å². The number of esters is 3. The molecule has 5 aliphatic rings. The largest absolute Gasteiger partial charge is 0.456 e. The molecule has 13 heteroatoms. The first-order valence-electron chi connectivity index (χ1n) is 21.3. The normalized spacial score (nSPS) is 36.3. The number of Topliss-reactive ketones (excluding diaryl/α,β-unsaturated/α-hetero) is 1. The fourth-order valence-corrected chi connectivity index (χ4v) is 11.5. The van der Waals surface area contributed by atoms with Crippen LogP contribution in [-0.4, -0.2) is 93.3 Å². The SMILES string of the molecule is CC(=O)O[C@@]12CO[C@@H]1C[C@H](C)[C@@]1(C)C(=O)[C@H](C)C3=C(C)[C@@H](OC(=O)[C@@H]4OC(C)(C)N(C(=O)OC(C)(C)C)[C@H]4c4ccccc4)C[C@@](O)([C@@H](OC(=O)c4ccccc4)C12)C3(C)C. The van der Waals surface area contributed by atoms with Crippen LogP contribution in [0.5, 0.6) is 0 Å². The molecule has 1 unspecified atom stereocenters. The predicted octanol–water partition coefficient (Wildman–Crippen LogP) is 7.30. The van der Waals surface area contributed by atoms with Crippen molar-refractivity contribution in [2.45, 2.75) is 149 Å². The first-order chi connectivity index (χ1) is 28.3. The third-order valence-corrected chi connectivity index (χ3v) is 14.5. The summed E-state index contributed by atoms with van der Waals surface area (Å²) in [5.41, 5.74) is -6.29. The second kappa shape index (κ2) is 15.0. The van der Waals surface area contributed by atoms with E-state index >= 15 is 4.79 Å². The number of hydrogen-bond acceptors (Lipinski definition) is 12. The summed E-state index contributed by atoms with van der Waals surface area (Å²) in [6.07, 6.45) is -5.19. The van der Waals surface area contributed by atoms with E-state index in [9.17, 15) is 24.3 Å². The molecule has 2 aromatic rings. The van der Waals surface area contributed by atoms with E-state index in [1.165, 1.54) is 11.8 Å². The van der Waals surface area contributed by atoms with Gasteiger partial charge in [-0.15, -0.1) is 0 Å². The van der Waals surface area contributed by atoms with Crippen molar-refractivity contribution in [1.82, 2.24) is 4.90 Å². The number of fused-ring (bicyclic) bond motifs is 5. The molecule has 2 bridgehead atoms. The maximum absolute atomic E-state index is 15.5. The second-order valence-electron chi connectivity index (χ2n) is 20.0. The van der Waals surface area contributed by atoms with Crippen molar-refractivity contribution < 1.29 is 57.5 Å². The second-order valence-corrected chi connectivity index (χ2v) is 20.0. The fraction of sp³-hybridized carbons (Fsp3) is 0.604. The molecule has 3 aliphatic carbocycles. The van der Waals surface area contributed by atoms with Crippen molar-refractivity contribution in [2.75, 3.05) is 6.61 Å². The summed E-state index contributed by atoms with van der Waals surface area (Å²) >= 11 is 0. The zero-order chi connectivity index (χ0) is 44.8. The van der Waals surface area contributed by atoms with Crippen LogP contribution in [0.4, 0.5) is 4.79 Å². The molecule has 4 fully saturated rings. The van der Waals surface area contributed by atoms with Gasteiger partial charge in [-0.2, -0.15) is 0 Å². The van der Waals surface area contributed by atoms with Gasteiger partial charge in [0.1, 0.15) is 47.1 Å². The highest BCUT2D eigenvalue weighted by Crippen LogP contribution is 2.66. The molecule has 1 N–H and O–H groups in total. The summed E-state index contributed by atoms with van der Waals surface area (Å²) in [4.78, 5) is 73.1. The van der Waals surface area contributed by atoms with Crippen LogP contribution in [0.3, 0.4) is 0 Å². The van der Waals surface area contributed by atoms with E-state index in [2.05, 4.69) is 0 Å². The summed E-state index contributed by atoms with van der Waals surface area (Å²) in [6.45, 7) is 20.8. The molecule has 1 amide bonds. The molecule has 2 saturated heterocycles. The van der Waals surface area contributed by atoms with Crippen molar-refractivity contribution >= 4 is 29.8 Å². The maximum atomic E-state index is 15.5. The van der Waals surface area contributed by atoms with Crippen molar-refractivity contribution in [1.29, 1.82) is 0 Å². The van der Waals surface area contributed by atoms with Gasteiger partial charge in [0.15, 0.2) is 11.7 Å². The van der Waals surface area contributed by atoms with Gasteiger partial charge in [0.05, 0.1) is 18.1 Å². The molecule has 7 rings (SSSR count). The van der Waals surface area contributed by atoms with E-state index in [1.54, 1.807) is 103 Å². The highest BCUT2D eigenvalue weighted by molar-refractivity contribution is 5.92. The van der Waals surface area contributed by atoms with Gasteiger partial charge >= 0.3 is 24.0 Å². The summed E-state index contributed by atoms with van der Waals surface area (Å²) in [7, 11) is 0. The summed E-state index contributed by atoms with van der Waals surface area (Å²) in [6, 6.07) is 16.4. The number of nitrogens with zero attached hydrogens (tertiary/aromatic N) is 1. The van der Waals surface area contributed by atoms with Crippen LogP contribution in [0, 0.1) is 28.6 Å². The highest BCUT2D eigenvalue weighted by atomic mass is 16.6. The third-order valence-electron chi connectivity index (χ3n) is 14.5. The summed E-state index contributed by atoms with van der Waals surface area (Å²) in [5.74, 6) is -4.61. The van der Waals surface area contributed by atoms with Gasteiger partial charge in [-0.1, -0.05) is 83.1 Å². The van der Waals surface area contributed by atoms with Gasteiger partial charge in [0, 0.05) is 30.1 Å². The zero-order valence-electron chi connectivity index (χ0n) is 37.4. The maximum Gasteiger partial charge on any atom is 0.413 e. The van der Waals surface area contributed by atoms with Gasteiger partial charge < -0.3 is 33.5 Å². The monoisotopic (exact) mass is 843 g/mol. The predicted molar refractivity (Wildman–Crippen MR) is 222 cm³/mol. The molecule has 61 heavy (non-hydrogen) atoms. The van der Waals surface area contributed by atoms with Gasteiger partial charge in [-0.3, -0.25) is 14.5 Å². The van der Waals surface area contributed by atoms with Crippen LogP contribution < -0.4 is 0 Å². The molecule has 2 heterocycles. The Morgan fingerprint density at radius 3 is 2.07 bits per heavy atom. The molecular weight excluding hydrogens is 783 g/mol. The number of rotatable bonds is 6. The quantitative estimate of drug-likeness (QED) is 0.176. The van der Waals surface area contributed by atoms with Crippen molar-refractivity contribution in [3.8, 4) is 0 Å². The molecule has 330 valence electrons. The highest BCUT2D eigenvalue weighted by Gasteiger charge is 2.77. The Bertz CT molecular complexity index is 2130. The van der Waals surface area contributed by atoms with E-state index < -0.39 is 99.7 Å². The number of aliphatic hydroxyl groups is 1. The molecule has 2 aromatic carbocycles. The molecule has 0 spiro atoms. The average molecular weight is 844 g/mol. The van der Waals surface area contributed by atoms with Crippen molar-refractivity contribution in [3.05, 3.63) is 82.9 Å². The smallest absolute Gasteiger partial charge is 0.413 e. The van der Waals surface area contributed by atoms with Gasteiger partial charge in [-0.25, -0.2) is 14.4 Å². The Hall–Kier alpha value is -4.59. The average Bonchev–Trinajstić information content (AvgIpc) is 3.47. The van der Waals surface area contributed by atoms with Crippen LogP contribution in [0.2, 0.25) is 0 Å². The number of amides is 1. The van der Waals surface area contributed by atoms with E-state index in [1.807, 2.05) is 33.8 Å². The topological polar surface area (TPSA) is 164 Å². The van der Waals surface area contributed by atoms with Gasteiger partial charge in [0.2, 0.25) is 0 Å². The Morgan fingerprint density at radius 1 is 0.902 bits per heavy atom. The van der Waals surface area contributed by atoms with E-state index in [-0.39, 0.29) is 30.3 Å². The third kappa shape index (κ3) is 6.99. The minimum atomic E-state index is -2.04. The Labute approximate surface area is 358 Å². The lowest BCUT2D eigenvalue weighted by Gasteiger charge is -2.68. The van der Waals surface area contributed by atoms with Crippen LogP contribution >= 0.6 is 0 Å². The molecule has 11 atom stereocenters. The Balaban J connectivity index is 1.37.